The van der Waals surface area contributed by atoms with E-state index in [2.05, 4.69) is 37.3 Å². The van der Waals surface area contributed by atoms with Crippen LogP contribution in [0.4, 0.5) is 0 Å². The minimum Gasteiger partial charge on any atom is -0.0622 e. The largest absolute Gasteiger partial charge is 0.316 e. The third-order valence-electron chi connectivity index (χ3n) is 2.56. The molecule has 0 saturated heterocycles. The van der Waals surface area contributed by atoms with Crippen molar-refractivity contribution in [1.29, 1.82) is 0 Å². The molecule has 0 aromatic heterocycles. The molecule has 0 saturated carbocycles. The van der Waals surface area contributed by atoms with E-state index in [0.717, 1.165) is 6.42 Å². The fourth-order valence-corrected chi connectivity index (χ4v) is 1.68. The molecule has 0 bridgehead atoms. The topological polar surface area (TPSA) is 0 Å². The van der Waals surface area contributed by atoms with Gasteiger partial charge in [-0.1, -0.05) is 69.4 Å². The predicted octanol–water partition coefficient (Wildman–Crippen LogP) is 3.49. The summed E-state index contributed by atoms with van der Waals surface area (Å²) in [6.45, 7) is 3.85. The minimum atomic E-state index is 0. The molecule has 0 spiro atoms. The van der Waals surface area contributed by atoms with Gasteiger partial charge in [0.25, 0.3) is 0 Å². The van der Waals surface area contributed by atoms with Crippen molar-refractivity contribution in [2.24, 2.45) is 0 Å². The summed E-state index contributed by atoms with van der Waals surface area (Å²) in [5.41, 5.74) is 1.48. The Morgan fingerprint density at radius 3 is 2.07 bits per heavy atom. The number of rotatable bonds is 7. The van der Waals surface area contributed by atoms with E-state index in [1.165, 1.54) is 44.1 Å². The highest BCUT2D eigenvalue weighted by Gasteiger charge is 1.92. The molecule has 0 aliphatic rings. The first-order valence-corrected chi connectivity index (χ1v) is 5.76. The lowest BCUT2D eigenvalue weighted by Crippen LogP contribution is -1.85. The molecule has 1 aromatic rings. The maximum atomic E-state index is 3.85. The highest BCUT2D eigenvalue weighted by Crippen LogP contribution is 2.09. The molecule has 0 aliphatic heterocycles. The summed E-state index contributed by atoms with van der Waals surface area (Å²) < 4.78 is 0. The molecule has 0 fully saturated rings. The van der Waals surface area contributed by atoms with Gasteiger partial charge in [-0.15, -0.1) is 0 Å². The van der Waals surface area contributed by atoms with Crippen LogP contribution < -0.4 is 0 Å². The fraction of sp³-hybridized carbons (Fsp3) is 0.500. The van der Waals surface area contributed by atoms with Crippen LogP contribution in [0, 0.1) is 6.92 Å². The van der Waals surface area contributed by atoms with E-state index in [0.29, 0.717) is 0 Å². The highest BCUT2D eigenvalue weighted by molar-refractivity contribution is 5.75. The summed E-state index contributed by atoms with van der Waals surface area (Å²) in [6.07, 6.45) is 9.08. The minimum absolute atomic E-state index is 0. The van der Waals surface area contributed by atoms with Crippen molar-refractivity contribution in [2.45, 2.75) is 44.9 Å². The lowest BCUT2D eigenvalue weighted by atomic mass is 10.1. The van der Waals surface area contributed by atoms with Crippen molar-refractivity contribution in [3.8, 4) is 0 Å². The molecule has 1 heteroatoms. The van der Waals surface area contributed by atoms with E-state index in [9.17, 15) is 0 Å². The monoisotopic (exact) mass is 215 g/mol. The van der Waals surface area contributed by atoms with Crippen LogP contribution in [0.2, 0.25) is 0 Å². The van der Waals surface area contributed by atoms with E-state index in [1.807, 2.05) is 0 Å². The van der Waals surface area contributed by atoms with Crippen molar-refractivity contribution in [1.82, 2.24) is 0 Å². The second-order valence-corrected chi connectivity index (χ2v) is 3.86. The van der Waals surface area contributed by atoms with Crippen molar-refractivity contribution < 1.29 is 0 Å². The summed E-state index contributed by atoms with van der Waals surface area (Å²) >= 11 is 0. The third kappa shape index (κ3) is 7.86. The number of unbranched alkanes of at least 4 members (excludes halogenated alkanes) is 5. The molecule has 0 amide bonds. The van der Waals surface area contributed by atoms with E-state index in [-0.39, 0.29) is 23.1 Å². The Morgan fingerprint density at radius 1 is 0.800 bits per heavy atom. The Kier molecular flexibility index (Phi) is 10.5. The van der Waals surface area contributed by atoms with Crippen LogP contribution in [-0.4, -0.2) is 23.1 Å². The van der Waals surface area contributed by atoms with Crippen LogP contribution in [0.1, 0.15) is 44.1 Å². The third-order valence-corrected chi connectivity index (χ3v) is 2.56. The van der Waals surface area contributed by atoms with E-state index in [4.69, 9.17) is 0 Å². The number of hydrogen-bond acceptors (Lipinski definition) is 0. The summed E-state index contributed by atoms with van der Waals surface area (Å²) in [4.78, 5) is 0. The second-order valence-electron chi connectivity index (χ2n) is 3.86. The fourth-order valence-electron chi connectivity index (χ4n) is 1.68. The molecule has 81 valence electrons. The molecule has 0 N–H and O–H groups in total. The molecule has 1 aromatic carbocycles. The van der Waals surface area contributed by atoms with Gasteiger partial charge in [0.2, 0.25) is 0 Å². The van der Waals surface area contributed by atoms with E-state index in [1.54, 1.807) is 0 Å². The summed E-state index contributed by atoms with van der Waals surface area (Å²) in [5, 5.41) is 0. The Bertz CT molecular complexity index is 218. The Morgan fingerprint density at radius 2 is 1.40 bits per heavy atom. The SMILES string of the molecule is [CH2]CCCCCCCc1ccccc1.[MgH2]. The lowest BCUT2D eigenvalue weighted by molar-refractivity contribution is 0.617. The van der Waals surface area contributed by atoms with Crippen LogP contribution in [0.15, 0.2) is 30.3 Å². The van der Waals surface area contributed by atoms with Gasteiger partial charge in [-0.2, -0.15) is 0 Å². The molecular weight excluding hydrogens is 192 g/mol. The maximum Gasteiger partial charge on any atom is 0.316 e. The van der Waals surface area contributed by atoms with Crippen LogP contribution in [0.5, 0.6) is 0 Å². The molecule has 0 nitrogen and oxygen atoms in total. The molecule has 15 heavy (non-hydrogen) atoms. The average Bonchev–Trinajstić information content (AvgIpc) is 2.25. The van der Waals surface area contributed by atoms with Crippen molar-refractivity contribution in [3.63, 3.8) is 0 Å². The molecule has 1 rings (SSSR count). The van der Waals surface area contributed by atoms with Crippen molar-refractivity contribution >= 4 is 23.1 Å². The number of aryl methyl sites for hydroxylation is 1. The van der Waals surface area contributed by atoms with E-state index < -0.39 is 0 Å². The summed E-state index contributed by atoms with van der Waals surface area (Å²) in [7, 11) is 0. The first-order chi connectivity index (χ1) is 6.93. The summed E-state index contributed by atoms with van der Waals surface area (Å²) in [6, 6.07) is 10.8. The molecular formula is C14H23Mg. The zero-order valence-corrected chi connectivity index (χ0v) is 9.04. The van der Waals surface area contributed by atoms with Gasteiger partial charge in [-0.05, 0) is 18.4 Å². The van der Waals surface area contributed by atoms with Crippen LogP contribution in [0.3, 0.4) is 0 Å². The van der Waals surface area contributed by atoms with Gasteiger partial charge in [0.1, 0.15) is 0 Å². The van der Waals surface area contributed by atoms with Gasteiger partial charge in [0.05, 0.1) is 0 Å². The van der Waals surface area contributed by atoms with Crippen molar-refractivity contribution in [3.05, 3.63) is 42.8 Å². The quantitative estimate of drug-likeness (QED) is 0.483. The van der Waals surface area contributed by atoms with Crippen LogP contribution >= 0.6 is 0 Å². The molecule has 0 aliphatic carbocycles. The number of benzene rings is 1. The van der Waals surface area contributed by atoms with E-state index >= 15 is 0 Å². The van der Waals surface area contributed by atoms with Crippen molar-refractivity contribution in [2.75, 3.05) is 0 Å². The van der Waals surface area contributed by atoms with Gasteiger partial charge < -0.3 is 0 Å². The van der Waals surface area contributed by atoms with Gasteiger partial charge in [-0.25, -0.2) is 0 Å². The van der Waals surface area contributed by atoms with Gasteiger partial charge in [-0.3, -0.25) is 0 Å². The van der Waals surface area contributed by atoms with Gasteiger partial charge in [0, 0.05) is 0 Å². The highest BCUT2D eigenvalue weighted by atomic mass is 24.3. The Balaban J connectivity index is 0.00000196. The first-order valence-electron chi connectivity index (χ1n) is 5.76. The number of hydrogen-bond donors (Lipinski definition) is 0. The lowest BCUT2D eigenvalue weighted by Gasteiger charge is -2.01. The second kappa shape index (κ2) is 10.5. The maximum absolute atomic E-state index is 3.85. The summed E-state index contributed by atoms with van der Waals surface area (Å²) in [5.74, 6) is 0. The van der Waals surface area contributed by atoms with Gasteiger partial charge >= 0.3 is 23.1 Å². The normalized spacial score (nSPS) is 9.67. The zero-order chi connectivity index (χ0) is 10.1. The van der Waals surface area contributed by atoms with Crippen LogP contribution in [0.25, 0.3) is 0 Å². The predicted molar refractivity (Wildman–Crippen MR) is 71.7 cm³/mol. The molecule has 0 heterocycles. The Hall–Kier alpha value is -0.0138. The van der Waals surface area contributed by atoms with Crippen LogP contribution in [-0.2, 0) is 6.42 Å². The zero-order valence-electron chi connectivity index (χ0n) is 9.04. The molecule has 0 atom stereocenters. The first kappa shape index (κ1) is 15.0. The standard InChI is InChI=1S/C14H21.Mg.2H/c1-2-3-4-5-6-8-11-14-12-9-7-10-13-14;;;/h7,9-10,12-13H,1-6,8,11H2;;;. The Labute approximate surface area is 111 Å². The molecule has 0 unspecified atom stereocenters. The smallest absolute Gasteiger partial charge is 0.0622 e. The van der Waals surface area contributed by atoms with Gasteiger partial charge in [0.15, 0.2) is 0 Å². The average molecular weight is 216 g/mol. The molecule has 1 radical (unpaired) electrons.